The highest BCUT2D eigenvalue weighted by Gasteiger charge is 2.63. The number of aromatic nitrogens is 2. The molecule has 3 heterocycles. The van der Waals surface area contributed by atoms with Gasteiger partial charge in [-0.25, -0.2) is 17.8 Å². The minimum Gasteiger partial charge on any atom is -0.459 e. The maximum atomic E-state index is 14.6. The highest BCUT2D eigenvalue weighted by atomic mass is 32.2. The van der Waals surface area contributed by atoms with Crippen molar-refractivity contribution in [3.8, 4) is 17.3 Å². The molecular weight excluding hydrogens is 769 g/mol. The summed E-state index contributed by atoms with van der Waals surface area (Å²) in [5.41, 5.74) is -1.41. The van der Waals surface area contributed by atoms with Gasteiger partial charge in [-0.15, -0.1) is 0 Å². The van der Waals surface area contributed by atoms with Crippen LogP contribution in [0.25, 0.3) is 11.3 Å². The number of hydrogen-bond acceptors (Lipinski definition) is 8. The minimum atomic E-state index is -4.84. The Hall–Kier alpha value is -4.93. The van der Waals surface area contributed by atoms with Crippen LogP contribution >= 0.6 is 0 Å². The van der Waals surface area contributed by atoms with Crippen molar-refractivity contribution in [3.63, 3.8) is 0 Å². The van der Waals surface area contributed by atoms with Crippen LogP contribution in [0.4, 0.5) is 23.2 Å². The summed E-state index contributed by atoms with van der Waals surface area (Å²) >= 11 is 0. The van der Waals surface area contributed by atoms with Gasteiger partial charge in [0.1, 0.15) is 29.5 Å². The molecule has 3 amide bonds. The molecule has 2 aliphatic carbocycles. The molecule has 306 valence electrons. The maximum absolute atomic E-state index is 14.6. The Balaban J connectivity index is 1.21. The van der Waals surface area contributed by atoms with Crippen molar-refractivity contribution in [2.24, 2.45) is 5.92 Å². The van der Waals surface area contributed by atoms with Crippen LogP contribution < -0.4 is 20.1 Å². The molecule has 7 rings (SSSR count). The van der Waals surface area contributed by atoms with Crippen LogP contribution in [0, 0.1) is 11.7 Å². The largest absolute Gasteiger partial charge is 0.459 e. The lowest BCUT2D eigenvalue weighted by atomic mass is 10.0. The summed E-state index contributed by atoms with van der Waals surface area (Å²) in [6.07, 6.45) is 3.12. The number of benzene rings is 2. The Kier molecular flexibility index (Phi) is 10.9. The number of anilines is 1. The second kappa shape index (κ2) is 15.4. The fraction of sp³-hybridized carbons (Fsp3) is 0.500. The predicted molar refractivity (Wildman–Crippen MR) is 203 cm³/mol. The number of amides is 3. The lowest BCUT2D eigenvalue weighted by Crippen LogP contribution is -2.58. The van der Waals surface area contributed by atoms with E-state index in [-0.39, 0.29) is 37.5 Å². The van der Waals surface area contributed by atoms with Gasteiger partial charge in [-0.3, -0.25) is 23.7 Å². The number of nitrogens with zero attached hydrogens (tertiary/aromatic N) is 3. The molecule has 0 bridgehead atoms. The summed E-state index contributed by atoms with van der Waals surface area (Å²) < 4.78 is 91.2. The number of halogens is 4. The van der Waals surface area contributed by atoms with Crippen molar-refractivity contribution in [2.45, 2.75) is 113 Å². The fourth-order valence-corrected chi connectivity index (χ4v) is 9.04. The van der Waals surface area contributed by atoms with Gasteiger partial charge in [-0.1, -0.05) is 55.3 Å². The van der Waals surface area contributed by atoms with Gasteiger partial charge in [0.15, 0.2) is 0 Å². The van der Waals surface area contributed by atoms with E-state index in [4.69, 9.17) is 4.74 Å². The van der Waals surface area contributed by atoms with Crippen LogP contribution in [0.15, 0.2) is 66.9 Å². The van der Waals surface area contributed by atoms with Crippen LogP contribution in [0.5, 0.6) is 6.01 Å². The molecule has 5 atom stereocenters. The lowest BCUT2D eigenvalue weighted by Gasteiger charge is -2.30. The number of allylic oxidation sites excluding steroid dienone is 1. The molecule has 2 aliphatic heterocycles. The average Bonchev–Trinajstić information content (AvgIpc) is 3.97. The van der Waals surface area contributed by atoms with Crippen LogP contribution in [0.1, 0.15) is 77.2 Å². The molecule has 1 aromatic heterocycles. The zero-order valence-corrected chi connectivity index (χ0v) is 32.5. The number of hydrogen-bond donors (Lipinski definition) is 3. The van der Waals surface area contributed by atoms with Gasteiger partial charge in [0.05, 0.1) is 28.7 Å². The number of alkyl halides is 3. The number of carbonyl (C=O) groups is 3. The van der Waals surface area contributed by atoms with Crippen molar-refractivity contribution in [2.75, 3.05) is 11.9 Å². The lowest BCUT2D eigenvalue weighted by molar-refractivity contribution is -0.140. The first kappa shape index (κ1) is 40.3. The predicted octanol–water partition coefficient (Wildman–Crippen LogP) is 5.95. The molecule has 12 nitrogen and oxygen atoms in total. The number of sulfonamides is 1. The number of rotatable bonds is 9. The van der Waals surface area contributed by atoms with Crippen molar-refractivity contribution in [1.82, 2.24) is 24.5 Å². The molecule has 2 aromatic carbocycles. The van der Waals surface area contributed by atoms with Crippen LogP contribution in [-0.2, 0) is 37.1 Å². The van der Waals surface area contributed by atoms with E-state index in [0.29, 0.717) is 51.1 Å². The summed E-state index contributed by atoms with van der Waals surface area (Å²) in [6, 6.07) is 9.35. The minimum absolute atomic E-state index is 0.0473. The smallest absolute Gasteiger partial charge is 0.416 e. The fourth-order valence-electron chi connectivity index (χ4n) is 7.73. The molecule has 0 radical (unpaired) electrons. The van der Waals surface area contributed by atoms with Crippen LogP contribution in [0.2, 0.25) is 0 Å². The second-order valence-corrected chi connectivity index (χ2v) is 17.9. The monoisotopic (exact) mass is 814 g/mol. The molecule has 0 unspecified atom stereocenters. The Labute approximate surface area is 328 Å². The molecule has 57 heavy (non-hydrogen) atoms. The number of fused-ring (bicyclic) bond motifs is 2. The van der Waals surface area contributed by atoms with Crippen LogP contribution in [-0.4, -0.2) is 75.6 Å². The van der Waals surface area contributed by atoms with Gasteiger partial charge in [-0.2, -0.15) is 13.2 Å². The molecule has 0 spiro atoms. The van der Waals surface area contributed by atoms with Gasteiger partial charge >= 0.3 is 6.18 Å². The van der Waals surface area contributed by atoms with Gasteiger partial charge in [-0.05, 0) is 76.1 Å². The Morgan fingerprint density at radius 2 is 1.84 bits per heavy atom. The molecule has 3 N–H and O–H groups in total. The molecule has 3 fully saturated rings. The summed E-state index contributed by atoms with van der Waals surface area (Å²) in [7, 11) is -4.05. The highest BCUT2D eigenvalue weighted by Crippen LogP contribution is 2.47. The zero-order valence-electron chi connectivity index (χ0n) is 31.6. The van der Waals surface area contributed by atoms with E-state index in [2.05, 4.69) is 20.3 Å². The maximum Gasteiger partial charge on any atom is 0.416 e. The molecule has 17 heteroatoms. The third-order valence-corrected chi connectivity index (χ3v) is 13.7. The van der Waals surface area contributed by atoms with Crippen molar-refractivity contribution >= 4 is 33.4 Å². The van der Waals surface area contributed by atoms with E-state index < -0.39 is 79.7 Å². The van der Waals surface area contributed by atoms with Gasteiger partial charge < -0.3 is 20.3 Å². The van der Waals surface area contributed by atoms with E-state index in [1.165, 1.54) is 4.90 Å². The number of imidazole rings is 1. The Morgan fingerprint density at radius 3 is 2.54 bits per heavy atom. The van der Waals surface area contributed by atoms with E-state index in [0.717, 1.165) is 23.4 Å². The summed E-state index contributed by atoms with van der Waals surface area (Å²) in [4.78, 5) is 48.7. The molecule has 4 aliphatic rings. The molecule has 1 saturated heterocycles. The zero-order chi connectivity index (χ0) is 40.8. The molecule has 2 saturated carbocycles. The number of ether oxygens (including phenoxy) is 1. The quantitative estimate of drug-likeness (QED) is 0.177. The van der Waals surface area contributed by atoms with Gasteiger partial charge in [0.25, 0.3) is 11.9 Å². The summed E-state index contributed by atoms with van der Waals surface area (Å²) in [5, 5.41) is 5.65. The first-order valence-electron chi connectivity index (χ1n) is 19.3. The topological polar surface area (TPSA) is 152 Å². The van der Waals surface area contributed by atoms with Crippen molar-refractivity contribution in [3.05, 3.63) is 78.3 Å². The van der Waals surface area contributed by atoms with Crippen molar-refractivity contribution < 1.29 is 45.1 Å². The van der Waals surface area contributed by atoms with Crippen molar-refractivity contribution in [1.29, 1.82) is 0 Å². The van der Waals surface area contributed by atoms with Gasteiger partial charge in [0.2, 0.25) is 21.8 Å². The standard InChI is InChI=1S/C40H46F4N6O6S/c1-3-49-33(25-12-8-7-9-13-25)23-45-37(49)56-30-21-32-34(51)47-39(36(53)48-57(54,55)38(2)16-17-38)22-26(39)14-10-5-4-6-11-15-31(35(52)50(32)24-30)46-29-19-27(40(42,43)44)18-28(41)20-29/h7-10,12-14,18-20,23,26,30-32,46H,3-6,11,15-17,21-22,24H2,1-2H3,(H,47,51)(H,48,53)/b14-10-/t26-,30-,31+,32+,39-/m1/s1. The Bertz CT molecular complexity index is 2160. The summed E-state index contributed by atoms with van der Waals surface area (Å²) in [5.74, 6) is -3.87. The third kappa shape index (κ3) is 8.39. The summed E-state index contributed by atoms with van der Waals surface area (Å²) in [6.45, 7) is 3.82. The second-order valence-electron chi connectivity index (χ2n) is 15.7. The molecular formula is C40H46F4N6O6S. The van der Waals surface area contributed by atoms with Crippen LogP contribution in [0.3, 0.4) is 0 Å². The Morgan fingerprint density at radius 1 is 1.09 bits per heavy atom. The average molecular weight is 815 g/mol. The third-order valence-electron chi connectivity index (χ3n) is 11.5. The van der Waals surface area contributed by atoms with E-state index in [9.17, 15) is 40.4 Å². The van der Waals surface area contributed by atoms with E-state index in [1.54, 1.807) is 19.2 Å². The first-order valence-corrected chi connectivity index (χ1v) is 20.8. The SMILES string of the molecule is CCn1c(-c2ccccc2)cnc1O[C@@H]1C[C@H]2C(=O)N[C@]3(C(=O)NS(=O)(=O)C4(C)CC4)C[C@H]3/C=C\CCCCC[C@H](Nc3cc(F)cc(C(F)(F)F)c3)C(=O)N2C1. The normalized spacial score (nSPS) is 26.9. The van der Waals surface area contributed by atoms with E-state index >= 15 is 0 Å². The first-order chi connectivity index (χ1) is 27.0. The van der Waals surface area contributed by atoms with Gasteiger partial charge in [0, 0.05) is 24.6 Å². The molecule has 3 aromatic rings. The highest BCUT2D eigenvalue weighted by molar-refractivity contribution is 7.91. The number of carbonyl (C=O) groups excluding carboxylic acids is 3. The number of nitrogens with one attached hydrogen (secondary N) is 3. The van der Waals surface area contributed by atoms with E-state index in [1.807, 2.05) is 47.9 Å².